The quantitative estimate of drug-likeness (QED) is 0.610. The number of carbonyl (C=O) groups is 2. The molecule has 0 saturated heterocycles. The molecule has 3 rings (SSSR count). The fourth-order valence-corrected chi connectivity index (χ4v) is 3.15. The molecule has 164 valence electrons. The van der Waals surface area contributed by atoms with E-state index in [2.05, 4.69) is 15.6 Å². The maximum Gasteiger partial charge on any atom is 0.407 e. The number of anilines is 1. The lowest BCUT2D eigenvalue weighted by Gasteiger charge is -2.19. The molecule has 0 radical (unpaired) electrons. The second-order valence-corrected chi connectivity index (χ2v) is 8.51. The molecule has 1 aliphatic carbocycles. The first kappa shape index (κ1) is 22.3. The Morgan fingerprint density at radius 2 is 1.81 bits per heavy atom. The molecule has 31 heavy (non-hydrogen) atoms. The SMILES string of the molecule is Cc1c2nc3ccc(NC(=O)CCNC(=O)OC(C)(C)C)cc3oc-2c(C)c(=O)c1C. The average molecular weight is 425 g/mol. The molecule has 2 aliphatic rings. The van der Waals surface area contributed by atoms with Gasteiger partial charge in [0.2, 0.25) is 5.91 Å². The Bertz CT molecular complexity index is 1190. The number of rotatable bonds is 4. The molecule has 1 aromatic carbocycles. The standard InChI is InChI=1S/C23H27N3O5/c1-12-13(2)20(28)14(3)21-19(12)26-16-8-7-15(11-17(16)30-21)25-18(27)9-10-24-22(29)31-23(4,5)6/h7-8,11H,9-10H2,1-6H3,(H,24,29)(H,25,27). The van der Waals surface area contributed by atoms with Gasteiger partial charge in [-0.2, -0.15) is 0 Å². The summed E-state index contributed by atoms with van der Waals surface area (Å²) in [7, 11) is 0. The number of hydrogen-bond acceptors (Lipinski definition) is 6. The third kappa shape index (κ3) is 5.02. The highest BCUT2D eigenvalue weighted by molar-refractivity contribution is 5.93. The lowest BCUT2D eigenvalue weighted by atomic mass is 9.99. The molecule has 0 aromatic heterocycles. The zero-order chi connectivity index (χ0) is 22.9. The number of alkyl carbamates (subject to hydrolysis) is 1. The van der Waals surface area contributed by atoms with Gasteiger partial charge in [0.25, 0.3) is 0 Å². The summed E-state index contributed by atoms with van der Waals surface area (Å²) in [4.78, 5) is 40.9. The van der Waals surface area contributed by atoms with E-state index in [0.29, 0.717) is 39.4 Å². The normalized spacial score (nSPS) is 11.5. The molecule has 0 atom stereocenters. The van der Waals surface area contributed by atoms with E-state index >= 15 is 0 Å². The van der Waals surface area contributed by atoms with Gasteiger partial charge in [-0.1, -0.05) is 0 Å². The van der Waals surface area contributed by atoms with Crippen molar-refractivity contribution in [2.45, 2.75) is 53.6 Å². The molecular weight excluding hydrogens is 398 g/mol. The van der Waals surface area contributed by atoms with Crippen LogP contribution in [0.15, 0.2) is 27.4 Å². The highest BCUT2D eigenvalue weighted by Crippen LogP contribution is 2.31. The largest absolute Gasteiger partial charge is 0.452 e. The van der Waals surface area contributed by atoms with Crippen LogP contribution in [0.2, 0.25) is 0 Å². The first-order valence-corrected chi connectivity index (χ1v) is 10.1. The smallest absolute Gasteiger partial charge is 0.407 e. The molecule has 1 heterocycles. The second kappa shape index (κ2) is 8.37. The van der Waals surface area contributed by atoms with E-state index in [4.69, 9.17) is 9.15 Å². The summed E-state index contributed by atoms with van der Waals surface area (Å²) in [6.07, 6.45) is -0.483. The number of carbonyl (C=O) groups excluding carboxylic acids is 2. The van der Waals surface area contributed by atoms with Crippen molar-refractivity contribution >= 4 is 28.8 Å². The van der Waals surface area contributed by atoms with Gasteiger partial charge in [-0.3, -0.25) is 9.59 Å². The van der Waals surface area contributed by atoms with Crippen molar-refractivity contribution in [2.75, 3.05) is 11.9 Å². The van der Waals surface area contributed by atoms with Gasteiger partial charge in [-0.15, -0.1) is 0 Å². The van der Waals surface area contributed by atoms with Crippen LogP contribution in [0.5, 0.6) is 0 Å². The molecule has 2 amide bonds. The van der Waals surface area contributed by atoms with E-state index in [9.17, 15) is 14.4 Å². The third-order valence-corrected chi connectivity index (χ3v) is 4.86. The number of hydrogen-bond donors (Lipinski definition) is 2. The minimum atomic E-state index is -0.596. The van der Waals surface area contributed by atoms with E-state index in [1.54, 1.807) is 52.8 Å². The maximum atomic E-state index is 12.4. The molecule has 1 aliphatic heterocycles. The molecule has 8 heteroatoms. The van der Waals surface area contributed by atoms with Crippen LogP contribution in [0, 0.1) is 20.8 Å². The number of benzene rings is 2. The van der Waals surface area contributed by atoms with E-state index < -0.39 is 11.7 Å². The van der Waals surface area contributed by atoms with Crippen LogP contribution in [-0.2, 0) is 9.53 Å². The Morgan fingerprint density at radius 3 is 2.48 bits per heavy atom. The number of nitrogens with one attached hydrogen (secondary N) is 2. The van der Waals surface area contributed by atoms with Gasteiger partial charge >= 0.3 is 6.09 Å². The van der Waals surface area contributed by atoms with Gasteiger partial charge in [-0.25, -0.2) is 9.78 Å². The summed E-state index contributed by atoms with van der Waals surface area (Å²) in [6.45, 7) is 10.8. The first-order chi connectivity index (χ1) is 14.5. The summed E-state index contributed by atoms with van der Waals surface area (Å²) >= 11 is 0. The minimum Gasteiger partial charge on any atom is -0.452 e. The monoisotopic (exact) mass is 425 g/mol. The van der Waals surface area contributed by atoms with Crippen molar-refractivity contribution in [3.05, 3.63) is 45.1 Å². The minimum absolute atomic E-state index is 0.0585. The number of amides is 2. The number of nitrogens with zero attached hydrogens (tertiary/aromatic N) is 1. The Morgan fingerprint density at radius 1 is 1.10 bits per heavy atom. The highest BCUT2D eigenvalue weighted by Gasteiger charge is 2.20. The van der Waals surface area contributed by atoms with Crippen LogP contribution in [0.1, 0.15) is 43.9 Å². The van der Waals surface area contributed by atoms with Crippen LogP contribution in [0.4, 0.5) is 10.5 Å². The second-order valence-electron chi connectivity index (χ2n) is 8.51. The summed E-state index contributed by atoms with van der Waals surface area (Å²) < 4.78 is 11.1. The Balaban J connectivity index is 1.75. The number of aromatic nitrogens is 1. The third-order valence-electron chi connectivity index (χ3n) is 4.86. The van der Waals surface area contributed by atoms with Crippen LogP contribution in [0.25, 0.3) is 22.6 Å². The molecule has 1 aromatic rings. The van der Waals surface area contributed by atoms with Crippen LogP contribution < -0.4 is 16.1 Å². The molecule has 0 unspecified atom stereocenters. The fraction of sp³-hybridized carbons (Fsp3) is 0.391. The van der Waals surface area contributed by atoms with E-state index in [-0.39, 0.29) is 24.3 Å². The molecule has 0 saturated carbocycles. The van der Waals surface area contributed by atoms with Gasteiger partial charge < -0.3 is 19.8 Å². The van der Waals surface area contributed by atoms with E-state index in [1.807, 2.05) is 6.92 Å². The van der Waals surface area contributed by atoms with Crippen LogP contribution >= 0.6 is 0 Å². The predicted molar refractivity (Wildman–Crippen MR) is 119 cm³/mol. The molecular formula is C23H27N3O5. The summed E-state index contributed by atoms with van der Waals surface area (Å²) in [5, 5.41) is 5.32. The van der Waals surface area contributed by atoms with Gasteiger partial charge in [0.1, 0.15) is 16.8 Å². The number of fused-ring (bicyclic) bond motifs is 2. The van der Waals surface area contributed by atoms with Crippen molar-refractivity contribution in [1.82, 2.24) is 10.3 Å². The Kier molecular flexibility index (Phi) is 6.01. The first-order valence-electron chi connectivity index (χ1n) is 10.1. The van der Waals surface area contributed by atoms with Gasteiger partial charge in [-0.05, 0) is 59.2 Å². The predicted octanol–water partition coefficient (Wildman–Crippen LogP) is 4.07. The van der Waals surface area contributed by atoms with Crippen molar-refractivity contribution in [3.63, 3.8) is 0 Å². The average Bonchev–Trinajstić information content (AvgIpc) is 2.68. The van der Waals surface area contributed by atoms with Crippen molar-refractivity contribution in [1.29, 1.82) is 0 Å². The fourth-order valence-electron chi connectivity index (χ4n) is 3.15. The number of ether oxygens (including phenoxy) is 1. The van der Waals surface area contributed by atoms with Crippen molar-refractivity contribution < 1.29 is 18.7 Å². The zero-order valence-corrected chi connectivity index (χ0v) is 18.6. The topological polar surface area (TPSA) is 111 Å². The molecule has 0 fully saturated rings. The van der Waals surface area contributed by atoms with Gasteiger partial charge in [0, 0.05) is 35.8 Å². The molecule has 2 N–H and O–H groups in total. The Hall–Kier alpha value is -3.42. The van der Waals surface area contributed by atoms with Crippen LogP contribution in [-0.4, -0.2) is 29.1 Å². The lowest BCUT2D eigenvalue weighted by Crippen LogP contribution is -2.34. The van der Waals surface area contributed by atoms with Crippen LogP contribution in [0.3, 0.4) is 0 Å². The summed E-state index contributed by atoms with van der Waals surface area (Å²) in [5.41, 5.74) is 3.59. The maximum absolute atomic E-state index is 12.4. The zero-order valence-electron chi connectivity index (χ0n) is 18.6. The lowest BCUT2D eigenvalue weighted by molar-refractivity contribution is -0.116. The van der Waals surface area contributed by atoms with E-state index in [1.165, 1.54) is 0 Å². The van der Waals surface area contributed by atoms with Crippen molar-refractivity contribution in [3.8, 4) is 11.5 Å². The summed E-state index contributed by atoms with van der Waals surface area (Å²) in [5.74, 6) is 0.180. The Labute approximate surface area is 180 Å². The van der Waals surface area contributed by atoms with Crippen molar-refractivity contribution in [2.24, 2.45) is 0 Å². The van der Waals surface area contributed by atoms with Gasteiger partial charge in [0.05, 0.1) is 0 Å². The van der Waals surface area contributed by atoms with E-state index in [0.717, 1.165) is 5.56 Å². The molecule has 0 spiro atoms. The molecule has 0 bridgehead atoms. The highest BCUT2D eigenvalue weighted by atomic mass is 16.6. The van der Waals surface area contributed by atoms with Gasteiger partial charge in [0.15, 0.2) is 16.8 Å². The summed E-state index contributed by atoms with van der Waals surface area (Å²) in [6, 6.07) is 5.15. The molecule has 8 nitrogen and oxygen atoms in total.